The minimum absolute atomic E-state index is 0.0661. The number of halogens is 1. The zero-order valence-electron chi connectivity index (χ0n) is 17.0. The van der Waals surface area contributed by atoms with E-state index >= 15 is 0 Å². The van der Waals surface area contributed by atoms with Crippen LogP contribution in [-0.4, -0.2) is 57.3 Å². The highest BCUT2D eigenvalue weighted by Crippen LogP contribution is 2.28. The Morgan fingerprint density at radius 2 is 2.13 bits per heavy atom. The van der Waals surface area contributed by atoms with Crippen molar-refractivity contribution in [3.63, 3.8) is 0 Å². The van der Waals surface area contributed by atoms with E-state index in [9.17, 15) is 9.59 Å². The van der Waals surface area contributed by atoms with Crippen molar-refractivity contribution in [1.82, 2.24) is 19.8 Å². The van der Waals surface area contributed by atoms with Crippen molar-refractivity contribution < 1.29 is 14.3 Å². The fraction of sp³-hybridized carbons (Fsp3) is 0.333. The number of anilines is 1. The summed E-state index contributed by atoms with van der Waals surface area (Å²) in [4.78, 5) is 37.5. The van der Waals surface area contributed by atoms with Crippen molar-refractivity contribution in [1.29, 1.82) is 0 Å². The molecule has 3 aromatic rings. The molecule has 1 atom stereocenters. The number of piperazine rings is 1. The van der Waals surface area contributed by atoms with E-state index in [0.717, 1.165) is 16.5 Å². The van der Waals surface area contributed by atoms with Crippen LogP contribution in [0.25, 0.3) is 10.9 Å². The predicted octanol–water partition coefficient (Wildman–Crippen LogP) is 2.96. The van der Waals surface area contributed by atoms with Crippen LogP contribution in [0.15, 0.2) is 36.7 Å². The molecule has 1 fully saturated rings. The number of aromatic nitrogens is 2. The molecule has 162 valence electrons. The van der Waals surface area contributed by atoms with Crippen LogP contribution in [0.4, 0.5) is 5.82 Å². The maximum atomic E-state index is 13.1. The Kier molecular flexibility index (Phi) is 6.24. The number of rotatable bonds is 6. The number of fused-ring (bicyclic) bond motifs is 1. The standard InChI is InChI=1S/C21H22ClN5O3S/c1-2-16-21(29)26(10-13-3-4-14-15(9-13)24-12-25-20(14)23)7-8-27(16)18(28)11-30-19-6-5-17(22)31-19/h3-6,9,12,16H,2,7-8,10-11H2,1H3,(H2,23,24,25)/t16-/m0/s1. The first-order valence-electron chi connectivity index (χ1n) is 9.91. The molecule has 8 nitrogen and oxygen atoms in total. The number of nitrogen functional groups attached to an aromatic ring is 1. The third-order valence-electron chi connectivity index (χ3n) is 5.28. The topological polar surface area (TPSA) is 102 Å². The summed E-state index contributed by atoms with van der Waals surface area (Å²) in [5.74, 6) is 0.156. The number of ether oxygens (including phenoxy) is 1. The molecule has 2 aromatic heterocycles. The van der Waals surface area contributed by atoms with Crippen molar-refractivity contribution in [2.75, 3.05) is 25.4 Å². The Morgan fingerprint density at radius 1 is 1.29 bits per heavy atom. The molecular formula is C21H22ClN5O3S. The smallest absolute Gasteiger partial charge is 0.261 e. The van der Waals surface area contributed by atoms with Crippen LogP contribution in [0.1, 0.15) is 18.9 Å². The molecule has 31 heavy (non-hydrogen) atoms. The van der Waals surface area contributed by atoms with Gasteiger partial charge < -0.3 is 20.3 Å². The first-order valence-corrected chi connectivity index (χ1v) is 11.1. The second kappa shape index (κ2) is 9.07. The average Bonchev–Trinajstić information content (AvgIpc) is 3.18. The van der Waals surface area contributed by atoms with Crippen LogP contribution in [-0.2, 0) is 16.1 Å². The molecule has 3 heterocycles. The summed E-state index contributed by atoms with van der Waals surface area (Å²) < 4.78 is 6.14. The molecule has 4 rings (SSSR count). The zero-order valence-corrected chi connectivity index (χ0v) is 18.5. The van der Waals surface area contributed by atoms with E-state index in [1.807, 2.05) is 25.1 Å². The van der Waals surface area contributed by atoms with E-state index in [1.54, 1.807) is 21.9 Å². The van der Waals surface area contributed by atoms with Gasteiger partial charge in [-0.25, -0.2) is 9.97 Å². The van der Waals surface area contributed by atoms with Crippen LogP contribution < -0.4 is 10.5 Å². The van der Waals surface area contributed by atoms with Gasteiger partial charge in [-0.3, -0.25) is 9.59 Å². The van der Waals surface area contributed by atoms with Crippen LogP contribution in [0.5, 0.6) is 5.06 Å². The number of thiophene rings is 1. The lowest BCUT2D eigenvalue weighted by Crippen LogP contribution is -2.59. The SMILES string of the molecule is CC[C@H]1C(=O)N(Cc2ccc3c(N)ncnc3c2)CCN1C(=O)COc1ccc(Cl)s1. The van der Waals surface area contributed by atoms with Crippen molar-refractivity contribution in [3.05, 3.63) is 46.6 Å². The molecule has 2 N–H and O–H groups in total. The fourth-order valence-corrected chi connectivity index (χ4v) is 4.60. The third-order valence-corrected chi connectivity index (χ3v) is 6.43. The van der Waals surface area contributed by atoms with E-state index in [0.29, 0.717) is 41.3 Å². The Morgan fingerprint density at radius 3 is 2.87 bits per heavy atom. The highest BCUT2D eigenvalue weighted by Gasteiger charge is 2.36. The van der Waals surface area contributed by atoms with Gasteiger partial charge in [0.1, 0.15) is 18.2 Å². The van der Waals surface area contributed by atoms with E-state index in [-0.39, 0.29) is 18.4 Å². The summed E-state index contributed by atoms with van der Waals surface area (Å²) in [6.45, 7) is 3.14. The lowest BCUT2D eigenvalue weighted by molar-refractivity contribution is -0.153. The number of nitrogens with two attached hydrogens (primary N) is 1. The molecule has 0 spiro atoms. The molecule has 1 aliphatic heterocycles. The number of benzene rings is 1. The number of hydrogen-bond acceptors (Lipinski definition) is 7. The second-order valence-corrected chi connectivity index (χ2v) is 8.91. The Hall–Kier alpha value is -2.91. The summed E-state index contributed by atoms with van der Waals surface area (Å²) >= 11 is 7.16. The van der Waals surface area contributed by atoms with Gasteiger partial charge in [0.15, 0.2) is 11.7 Å². The zero-order chi connectivity index (χ0) is 22.0. The van der Waals surface area contributed by atoms with Gasteiger partial charge in [0.2, 0.25) is 5.91 Å². The van der Waals surface area contributed by atoms with Gasteiger partial charge in [-0.05, 0) is 36.2 Å². The van der Waals surface area contributed by atoms with Crippen molar-refractivity contribution in [3.8, 4) is 5.06 Å². The second-order valence-electron chi connectivity index (χ2n) is 7.23. The number of hydrogen-bond donors (Lipinski definition) is 1. The summed E-state index contributed by atoms with van der Waals surface area (Å²) in [5, 5.41) is 1.36. The Labute approximate surface area is 188 Å². The quantitative estimate of drug-likeness (QED) is 0.608. The van der Waals surface area contributed by atoms with Crippen molar-refractivity contribution in [2.24, 2.45) is 0 Å². The van der Waals surface area contributed by atoms with Crippen LogP contribution in [0.3, 0.4) is 0 Å². The molecule has 1 aromatic carbocycles. The van der Waals surface area contributed by atoms with Gasteiger partial charge in [-0.15, -0.1) is 0 Å². The van der Waals surface area contributed by atoms with Crippen LogP contribution in [0.2, 0.25) is 4.34 Å². The monoisotopic (exact) mass is 459 g/mol. The van der Waals surface area contributed by atoms with Gasteiger partial charge in [0.25, 0.3) is 5.91 Å². The molecule has 1 aliphatic rings. The van der Waals surface area contributed by atoms with Gasteiger partial charge >= 0.3 is 0 Å². The highest BCUT2D eigenvalue weighted by atomic mass is 35.5. The minimum atomic E-state index is -0.504. The van der Waals surface area contributed by atoms with Crippen molar-refractivity contribution in [2.45, 2.75) is 25.9 Å². The van der Waals surface area contributed by atoms with E-state index in [2.05, 4.69) is 9.97 Å². The number of carbonyl (C=O) groups excluding carboxylic acids is 2. The van der Waals surface area contributed by atoms with E-state index in [1.165, 1.54) is 17.7 Å². The van der Waals surface area contributed by atoms with E-state index < -0.39 is 6.04 Å². The minimum Gasteiger partial charge on any atom is -0.474 e. The molecule has 0 saturated carbocycles. The molecule has 0 unspecified atom stereocenters. The highest BCUT2D eigenvalue weighted by molar-refractivity contribution is 7.17. The first kappa shape index (κ1) is 21.3. The largest absolute Gasteiger partial charge is 0.474 e. The Balaban J connectivity index is 1.42. The predicted molar refractivity (Wildman–Crippen MR) is 120 cm³/mol. The number of amides is 2. The van der Waals surface area contributed by atoms with E-state index in [4.69, 9.17) is 22.1 Å². The van der Waals surface area contributed by atoms with Gasteiger partial charge in [0, 0.05) is 25.0 Å². The first-order chi connectivity index (χ1) is 15.0. The molecule has 0 radical (unpaired) electrons. The molecule has 10 heteroatoms. The fourth-order valence-electron chi connectivity index (χ4n) is 3.72. The normalized spacial score (nSPS) is 16.7. The lowest BCUT2D eigenvalue weighted by atomic mass is 10.1. The average molecular weight is 460 g/mol. The van der Waals surface area contributed by atoms with Crippen LogP contribution >= 0.6 is 22.9 Å². The van der Waals surface area contributed by atoms with Gasteiger partial charge in [-0.1, -0.05) is 35.9 Å². The van der Waals surface area contributed by atoms with Crippen LogP contribution in [0, 0.1) is 0 Å². The molecule has 0 bridgehead atoms. The Bertz CT molecular complexity index is 1120. The molecule has 0 aliphatic carbocycles. The lowest BCUT2D eigenvalue weighted by Gasteiger charge is -2.40. The summed E-state index contributed by atoms with van der Waals surface area (Å²) in [7, 11) is 0. The molecular weight excluding hydrogens is 438 g/mol. The third kappa shape index (κ3) is 4.57. The molecule has 2 amide bonds. The van der Waals surface area contributed by atoms with Gasteiger partial charge in [0.05, 0.1) is 9.85 Å². The van der Waals surface area contributed by atoms with Gasteiger partial charge in [-0.2, -0.15) is 0 Å². The summed E-state index contributed by atoms with van der Waals surface area (Å²) in [5.41, 5.74) is 7.58. The number of nitrogens with zero attached hydrogens (tertiary/aromatic N) is 4. The van der Waals surface area contributed by atoms with Crippen molar-refractivity contribution >= 4 is 51.5 Å². The summed E-state index contributed by atoms with van der Waals surface area (Å²) in [6.07, 6.45) is 1.96. The summed E-state index contributed by atoms with van der Waals surface area (Å²) in [6, 6.07) is 8.65. The maximum Gasteiger partial charge on any atom is 0.261 e. The number of carbonyl (C=O) groups is 2. The molecule has 1 saturated heterocycles. The maximum absolute atomic E-state index is 13.1.